The zero-order chi connectivity index (χ0) is 26.2. The summed E-state index contributed by atoms with van der Waals surface area (Å²) in [5, 5.41) is 17.8. The number of alkyl carbamates (subject to hydrolysis) is 1. The lowest BCUT2D eigenvalue weighted by molar-refractivity contribution is -0.126. The number of aliphatic hydroxyl groups is 1. The summed E-state index contributed by atoms with van der Waals surface area (Å²) < 4.78 is 38.1. The predicted octanol–water partition coefficient (Wildman–Crippen LogP) is 1.70. The third kappa shape index (κ3) is 9.57. The molecule has 2 fully saturated rings. The Labute approximate surface area is 207 Å². The van der Waals surface area contributed by atoms with Gasteiger partial charge in [0.1, 0.15) is 12.1 Å². The summed E-state index contributed by atoms with van der Waals surface area (Å²) in [6.07, 6.45) is 5.32. The molecule has 202 valence electrons. The summed E-state index contributed by atoms with van der Waals surface area (Å²) in [6, 6.07) is -2.49. The molecule has 0 bridgehead atoms. The number of carbonyl (C=O) groups excluding carboxylic acids is 3. The molecule has 35 heavy (non-hydrogen) atoms. The Morgan fingerprint density at radius 3 is 2.31 bits per heavy atom. The molecule has 4 atom stereocenters. The number of amides is 3. The molecule has 2 aliphatic rings. The predicted molar refractivity (Wildman–Crippen MR) is 129 cm³/mol. The van der Waals surface area contributed by atoms with E-state index >= 15 is 0 Å². The van der Waals surface area contributed by atoms with E-state index in [1.807, 2.05) is 13.8 Å². The van der Waals surface area contributed by atoms with Crippen molar-refractivity contribution in [2.45, 2.75) is 102 Å². The van der Waals surface area contributed by atoms with Crippen LogP contribution in [0.4, 0.5) is 4.79 Å². The lowest BCUT2D eigenvalue weighted by atomic mass is 9.85. The SMILES string of the molecule is CCCC1CCC(OC(=O)N[C@@H](CC(C)C)C(=O)N[C@@H](C[C@@H]2CCNC2=O)[C@@H](O)S(=O)(=O)O)CC1. The van der Waals surface area contributed by atoms with Crippen molar-refractivity contribution in [1.29, 1.82) is 0 Å². The van der Waals surface area contributed by atoms with Crippen molar-refractivity contribution in [2.75, 3.05) is 6.54 Å². The molecule has 1 aliphatic heterocycles. The second kappa shape index (κ2) is 13.4. The maximum atomic E-state index is 13.0. The third-order valence-corrected chi connectivity index (χ3v) is 7.70. The summed E-state index contributed by atoms with van der Waals surface area (Å²) in [5.74, 6) is -1.02. The molecule has 1 saturated heterocycles. The van der Waals surface area contributed by atoms with Crippen molar-refractivity contribution >= 4 is 28.0 Å². The number of rotatable bonds is 12. The summed E-state index contributed by atoms with van der Waals surface area (Å²) in [6.45, 7) is 6.26. The first-order chi connectivity index (χ1) is 16.4. The van der Waals surface area contributed by atoms with Gasteiger partial charge in [0.15, 0.2) is 0 Å². The van der Waals surface area contributed by atoms with Crippen molar-refractivity contribution in [1.82, 2.24) is 16.0 Å². The van der Waals surface area contributed by atoms with Gasteiger partial charge >= 0.3 is 6.09 Å². The molecule has 2 rings (SSSR count). The molecule has 0 aromatic carbocycles. The van der Waals surface area contributed by atoms with Gasteiger partial charge < -0.3 is 25.8 Å². The maximum Gasteiger partial charge on any atom is 0.408 e. The standard InChI is InChI=1S/C23H41N3O8S/c1-4-5-15-6-8-17(9-7-15)34-23(30)26-18(12-14(2)3)21(28)25-19(22(29)35(31,32)33)13-16-10-11-24-20(16)27/h14-19,22,29H,4-13H2,1-3H3,(H,24,27)(H,25,28)(H,26,30)(H,31,32,33)/t15?,16-,17?,18-,19-,22-/m0/s1. The number of nitrogens with one attached hydrogen (secondary N) is 3. The van der Waals surface area contributed by atoms with Gasteiger partial charge in [-0.2, -0.15) is 8.42 Å². The monoisotopic (exact) mass is 519 g/mol. The van der Waals surface area contributed by atoms with E-state index in [0.717, 1.165) is 38.5 Å². The van der Waals surface area contributed by atoms with Gasteiger partial charge in [0.05, 0.1) is 6.04 Å². The van der Waals surface area contributed by atoms with Crippen molar-refractivity contribution in [3.05, 3.63) is 0 Å². The molecule has 11 nitrogen and oxygen atoms in total. The Morgan fingerprint density at radius 2 is 1.80 bits per heavy atom. The summed E-state index contributed by atoms with van der Waals surface area (Å²) in [5.41, 5.74) is -2.31. The Kier molecular flexibility index (Phi) is 11.2. The third-order valence-electron chi connectivity index (χ3n) is 6.76. The number of hydrogen-bond donors (Lipinski definition) is 5. The van der Waals surface area contributed by atoms with Crippen LogP contribution in [0, 0.1) is 17.8 Å². The van der Waals surface area contributed by atoms with E-state index in [1.54, 1.807) is 0 Å². The van der Waals surface area contributed by atoms with Crippen molar-refractivity contribution in [3.8, 4) is 0 Å². The Bertz CT molecular complexity index is 827. The molecular formula is C23H41N3O8S. The van der Waals surface area contributed by atoms with Crippen LogP contribution < -0.4 is 16.0 Å². The highest BCUT2D eigenvalue weighted by Crippen LogP contribution is 2.29. The molecule has 1 heterocycles. The molecule has 0 aromatic rings. The molecule has 1 saturated carbocycles. The van der Waals surface area contributed by atoms with Crippen molar-refractivity contribution < 1.29 is 37.2 Å². The first-order valence-corrected chi connectivity index (χ1v) is 14.1. The molecule has 0 radical (unpaired) electrons. The van der Waals surface area contributed by atoms with Gasteiger partial charge in [0.2, 0.25) is 17.3 Å². The largest absolute Gasteiger partial charge is 0.446 e. The van der Waals surface area contributed by atoms with E-state index in [9.17, 15) is 32.5 Å². The smallest absolute Gasteiger partial charge is 0.408 e. The minimum absolute atomic E-state index is 0.00101. The van der Waals surface area contributed by atoms with E-state index in [-0.39, 0.29) is 30.8 Å². The fourth-order valence-electron chi connectivity index (χ4n) is 4.89. The highest BCUT2D eigenvalue weighted by Gasteiger charge is 2.38. The average molecular weight is 520 g/mol. The van der Waals surface area contributed by atoms with Crippen molar-refractivity contribution in [2.24, 2.45) is 17.8 Å². The first kappa shape index (κ1) is 29.3. The maximum absolute atomic E-state index is 13.0. The van der Waals surface area contributed by atoms with Crippen molar-refractivity contribution in [3.63, 3.8) is 0 Å². The Hall–Kier alpha value is -1.92. The Morgan fingerprint density at radius 1 is 1.14 bits per heavy atom. The van der Waals surface area contributed by atoms with Crippen LogP contribution in [-0.2, 0) is 24.4 Å². The second-order valence-electron chi connectivity index (χ2n) is 10.2. The van der Waals surface area contributed by atoms with Crippen LogP contribution >= 0.6 is 0 Å². The Balaban J connectivity index is 2.03. The van der Waals surface area contributed by atoms with Gasteiger partial charge in [0, 0.05) is 12.5 Å². The average Bonchev–Trinajstić information content (AvgIpc) is 3.17. The van der Waals surface area contributed by atoms with E-state index in [1.165, 1.54) is 0 Å². The summed E-state index contributed by atoms with van der Waals surface area (Å²) in [4.78, 5) is 37.6. The van der Waals surface area contributed by atoms with Gasteiger partial charge in [-0.3, -0.25) is 14.1 Å². The summed E-state index contributed by atoms with van der Waals surface area (Å²) in [7, 11) is -4.91. The first-order valence-electron chi connectivity index (χ1n) is 12.6. The topological polar surface area (TPSA) is 171 Å². The number of hydrogen-bond acceptors (Lipinski definition) is 7. The second-order valence-corrected chi connectivity index (χ2v) is 11.7. The summed E-state index contributed by atoms with van der Waals surface area (Å²) >= 11 is 0. The van der Waals surface area contributed by atoms with Crippen LogP contribution in [0.5, 0.6) is 0 Å². The fraction of sp³-hybridized carbons (Fsp3) is 0.870. The fourth-order valence-corrected chi connectivity index (χ4v) is 5.49. The zero-order valence-electron chi connectivity index (χ0n) is 20.9. The number of aliphatic hydroxyl groups excluding tert-OH is 1. The van der Waals surface area contributed by atoms with Gasteiger partial charge in [-0.25, -0.2) is 4.79 Å². The molecular weight excluding hydrogens is 478 g/mol. The lowest BCUT2D eigenvalue weighted by Gasteiger charge is -2.30. The molecule has 3 amide bonds. The van der Waals surface area contributed by atoms with E-state index < -0.39 is 45.6 Å². The molecule has 12 heteroatoms. The molecule has 0 unspecified atom stereocenters. The van der Waals surface area contributed by atoms with E-state index in [4.69, 9.17) is 4.74 Å². The number of carbonyl (C=O) groups is 3. The van der Waals surface area contributed by atoms with Crippen LogP contribution in [0.15, 0.2) is 0 Å². The minimum Gasteiger partial charge on any atom is -0.446 e. The molecule has 0 aromatic heterocycles. The van der Waals surface area contributed by atoms with Gasteiger partial charge in [0.25, 0.3) is 10.1 Å². The zero-order valence-corrected chi connectivity index (χ0v) is 21.7. The quantitative estimate of drug-likeness (QED) is 0.242. The van der Waals surface area contributed by atoms with Crippen LogP contribution in [0.2, 0.25) is 0 Å². The number of ether oxygens (including phenoxy) is 1. The van der Waals surface area contributed by atoms with E-state index in [2.05, 4.69) is 22.9 Å². The lowest BCUT2D eigenvalue weighted by Crippen LogP contribution is -2.55. The molecule has 0 spiro atoms. The van der Waals surface area contributed by atoms with Crippen LogP contribution in [0.25, 0.3) is 0 Å². The van der Waals surface area contributed by atoms with Gasteiger partial charge in [-0.15, -0.1) is 0 Å². The normalized spacial score (nSPS) is 25.4. The van der Waals surface area contributed by atoms with Crippen LogP contribution in [0.3, 0.4) is 0 Å². The van der Waals surface area contributed by atoms with Gasteiger partial charge in [-0.1, -0.05) is 33.6 Å². The van der Waals surface area contributed by atoms with Gasteiger partial charge in [-0.05, 0) is 56.8 Å². The molecule has 1 aliphatic carbocycles. The highest BCUT2D eigenvalue weighted by molar-refractivity contribution is 7.86. The molecule has 5 N–H and O–H groups in total. The van der Waals surface area contributed by atoms with Crippen LogP contribution in [-0.4, -0.2) is 66.2 Å². The van der Waals surface area contributed by atoms with Crippen LogP contribution in [0.1, 0.15) is 78.6 Å². The van der Waals surface area contributed by atoms with E-state index in [0.29, 0.717) is 18.9 Å². The highest BCUT2D eigenvalue weighted by atomic mass is 32.2. The minimum atomic E-state index is -4.91.